The molecule has 1 aromatic rings. The molecule has 0 radical (unpaired) electrons. The van der Waals surface area contributed by atoms with Crippen molar-refractivity contribution in [1.82, 2.24) is 4.98 Å². The number of carbonyl (C=O) groups is 1. The van der Waals surface area contributed by atoms with Crippen LogP contribution in [0.25, 0.3) is 0 Å². The van der Waals surface area contributed by atoms with Crippen molar-refractivity contribution < 1.29 is 13.6 Å². The van der Waals surface area contributed by atoms with Gasteiger partial charge in [0.1, 0.15) is 5.69 Å². The third kappa shape index (κ3) is 2.34. The molecule has 1 aromatic heterocycles. The first kappa shape index (κ1) is 10.8. The van der Waals surface area contributed by atoms with Crippen LogP contribution in [-0.2, 0) is 0 Å². The van der Waals surface area contributed by atoms with Crippen LogP contribution >= 0.6 is 34.2 Å². The highest BCUT2D eigenvalue weighted by atomic mass is 127. The van der Waals surface area contributed by atoms with Gasteiger partial charge in [-0.2, -0.15) is 0 Å². The minimum atomic E-state index is -2.78. The average molecular weight is 317 g/mol. The topological polar surface area (TPSA) is 30.0 Å². The molecule has 0 saturated heterocycles. The molecule has 13 heavy (non-hydrogen) atoms. The summed E-state index contributed by atoms with van der Waals surface area (Å²) in [7, 11) is 0. The van der Waals surface area contributed by atoms with Crippen LogP contribution in [-0.4, -0.2) is 10.2 Å². The van der Waals surface area contributed by atoms with E-state index < -0.39 is 17.4 Å². The fourth-order valence-corrected chi connectivity index (χ4v) is 1.85. The highest BCUT2D eigenvalue weighted by molar-refractivity contribution is 14.1. The number of alkyl halides is 2. The largest absolute Gasteiger partial charge is 0.281 e. The normalized spacial score (nSPS) is 10.5. The predicted octanol–water partition coefficient (Wildman–Crippen LogP) is 3.00. The van der Waals surface area contributed by atoms with E-state index in [1.54, 1.807) is 22.6 Å². The van der Waals surface area contributed by atoms with Gasteiger partial charge in [-0.05, 0) is 40.3 Å². The fourth-order valence-electron chi connectivity index (χ4n) is 0.813. The standard InChI is InChI=1S/C7H3ClF2INO/c8-6(13)4-3(11)1-2-12-5(4)7(9)10/h1-2,7H. The third-order valence-corrected chi connectivity index (χ3v) is 2.42. The van der Waals surface area contributed by atoms with Crippen molar-refractivity contribution in [2.24, 2.45) is 0 Å². The van der Waals surface area contributed by atoms with E-state index in [4.69, 9.17) is 11.6 Å². The Labute approximate surface area is 91.4 Å². The van der Waals surface area contributed by atoms with E-state index in [9.17, 15) is 13.6 Å². The molecule has 0 amide bonds. The zero-order valence-corrected chi connectivity index (χ0v) is 9.01. The predicted molar refractivity (Wildman–Crippen MR) is 52.1 cm³/mol. The average Bonchev–Trinajstić information content (AvgIpc) is 2.02. The van der Waals surface area contributed by atoms with Crippen LogP contribution in [0, 0.1) is 3.57 Å². The molecule has 2 nitrogen and oxygen atoms in total. The van der Waals surface area contributed by atoms with E-state index in [0.29, 0.717) is 3.57 Å². The summed E-state index contributed by atoms with van der Waals surface area (Å²) in [5, 5.41) is -0.909. The number of pyridine rings is 1. The van der Waals surface area contributed by atoms with Crippen molar-refractivity contribution in [3.63, 3.8) is 0 Å². The fraction of sp³-hybridized carbons (Fsp3) is 0.143. The second kappa shape index (κ2) is 4.28. The monoisotopic (exact) mass is 317 g/mol. The highest BCUT2D eigenvalue weighted by Crippen LogP contribution is 2.25. The lowest BCUT2D eigenvalue weighted by Crippen LogP contribution is -2.03. The van der Waals surface area contributed by atoms with Gasteiger partial charge in [0.2, 0.25) is 0 Å². The molecular weight excluding hydrogens is 314 g/mol. The summed E-state index contributed by atoms with van der Waals surface area (Å²) in [6.45, 7) is 0. The molecule has 0 aliphatic carbocycles. The number of aromatic nitrogens is 1. The molecular formula is C7H3ClF2INO. The Morgan fingerprint density at radius 3 is 2.62 bits per heavy atom. The maximum absolute atomic E-state index is 12.3. The van der Waals surface area contributed by atoms with Gasteiger partial charge < -0.3 is 0 Å². The second-order valence-electron chi connectivity index (χ2n) is 2.13. The summed E-state index contributed by atoms with van der Waals surface area (Å²) in [4.78, 5) is 14.2. The number of rotatable bonds is 2. The van der Waals surface area contributed by atoms with Gasteiger partial charge in [-0.1, -0.05) is 0 Å². The molecule has 1 heterocycles. The first-order valence-corrected chi connectivity index (χ1v) is 4.62. The number of hydrogen-bond acceptors (Lipinski definition) is 2. The quantitative estimate of drug-likeness (QED) is 0.620. The van der Waals surface area contributed by atoms with E-state index >= 15 is 0 Å². The Morgan fingerprint density at radius 2 is 2.23 bits per heavy atom. The second-order valence-corrected chi connectivity index (χ2v) is 3.63. The summed E-state index contributed by atoms with van der Waals surface area (Å²) >= 11 is 6.90. The summed E-state index contributed by atoms with van der Waals surface area (Å²) in [5.74, 6) is 0. The lowest BCUT2D eigenvalue weighted by atomic mass is 10.2. The molecule has 0 fully saturated rings. The Morgan fingerprint density at radius 1 is 1.62 bits per heavy atom. The lowest BCUT2D eigenvalue weighted by molar-refractivity contribution is 0.106. The SMILES string of the molecule is O=C(Cl)c1c(I)ccnc1C(F)F. The Kier molecular flexibility index (Phi) is 3.55. The summed E-state index contributed by atoms with van der Waals surface area (Å²) in [6, 6.07) is 1.45. The van der Waals surface area contributed by atoms with Crippen molar-refractivity contribution in [2.45, 2.75) is 6.43 Å². The van der Waals surface area contributed by atoms with Crippen molar-refractivity contribution >= 4 is 39.4 Å². The van der Waals surface area contributed by atoms with Crippen LogP contribution in [0.15, 0.2) is 12.3 Å². The number of nitrogens with zero attached hydrogens (tertiary/aromatic N) is 1. The summed E-state index contributed by atoms with van der Waals surface area (Å²) in [6.07, 6.45) is -1.57. The van der Waals surface area contributed by atoms with Crippen molar-refractivity contribution in [3.8, 4) is 0 Å². The van der Waals surface area contributed by atoms with Crippen LogP contribution < -0.4 is 0 Å². The zero-order chi connectivity index (χ0) is 10.0. The van der Waals surface area contributed by atoms with E-state index in [0.717, 1.165) is 0 Å². The molecule has 1 rings (SSSR count). The van der Waals surface area contributed by atoms with Crippen LogP contribution in [0.2, 0.25) is 0 Å². The minimum Gasteiger partial charge on any atom is -0.275 e. The maximum atomic E-state index is 12.3. The van der Waals surface area contributed by atoms with E-state index in [1.807, 2.05) is 0 Å². The Balaban J connectivity index is 3.34. The highest BCUT2D eigenvalue weighted by Gasteiger charge is 2.20. The molecule has 0 N–H and O–H groups in total. The van der Waals surface area contributed by atoms with E-state index in [2.05, 4.69) is 4.98 Å². The van der Waals surface area contributed by atoms with Gasteiger partial charge in [0.25, 0.3) is 11.7 Å². The van der Waals surface area contributed by atoms with Gasteiger partial charge in [-0.25, -0.2) is 8.78 Å². The van der Waals surface area contributed by atoms with Gasteiger partial charge in [-0.15, -0.1) is 0 Å². The molecule has 0 spiro atoms. The number of hydrogen-bond donors (Lipinski definition) is 0. The smallest absolute Gasteiger partial charge is 0.275 e. The minimum absolute atomic E-state index is 0.209. The van der Waals surface area contributed by atoms with E-state index in [1.165, 1.54) is 12.3 Å². The first-order chi connectivity index (χ1) is 6.04. The molecule has 0 saturated carbocycles. The molecule has 0 atom stereocenters. The molecule has 0 aliphatic heterocycles. The lowest BCUT2D eigenvalue weighted by Gasteiger charge is -2.04. The van der Waals surface area contributed by atoms with Gasteiger partial charge in [0.05, 0.1) is 5.56 Å². The first-order valence-electron chi connectivity index (χ1n) is 3.16. The van der Waals surface area contributed by atoms with Gasteiger partial charge in [0.15, 0.2) is 0 Å². The summed E-state index contributed by atoms with van der Waals surface area (Å²) < 4.78 is 25.0. The maximum Gasteiger partial charge on any atom is 0.281 e. The molecule has 0 aliphatic rings. The Bertz CT molecular complexity index is 345. The molecule has 0 bridgehead atoms. The molecule has 70 valence electrons. The van der Waals surface area contributed by atoms with E-state index in [-0.39, 0.29) is 5.56 Å². The number of halogens is 4. The molecule has 6 heteroatoms. The summed E-state index contributed by atoms with van der Waals surface area (Å²) in [5.41, 5.74) is -0.772. The zero-order valence-electron chi connectivity index (χ0n) is 6.10. The van der Waals surface area contributed by atoms with Crippen LogP contribution in [0.1, 0.15) is 22.5 Å². The van der Waals surface area contributed by atoms with Crippen LogP contribution in [0.5, 0.6) is 0 Å². The van der Waals surface area contributed by atoms with Crippen LogP contribution in [0.4, 0.5) is 8.78 Å². The van der Waals surface area contributed by atoms with Crippen molar-refractivity contribution in [3.05, 3.63) is 27.1 Å². The number of carbonyl (C=O) groups excluding carboxylic acids is 1. The Hall–Kier alpha value is -0.300. The van der Waals surface area contributed by atoms with Crippen molar-refractivity contribution in [2.75, 3.05) is 0 Å². The van der Waals surface area contributed by atoms with Gasteiger partial charge >= 0.3 is 0 Å². The van der Waals surface area contributed by atoms with Crippen LogP contribution in [0.3, 0.4) is 0 Å². The molecule has 0 unspecified atom stereocenters. The van der Waals surface area contributed by atoms with Crippen molar-refractivity contribution in [1.29, 1.82) is 0 Å². The van der Waals surface area contributed by atoms with Gasteiger partial charge in [-0.3, -0.25) is 9.78 Å². The molecule has 0 aromatic carbocycles. The third-order valence-electron chi connectivity index (χ3n) is 1.33. The van der Waals surface area contributed by atoms with Gasteiger partial charge in [0, 0.05) is 9.77 Å².